The van der Waals surface area contributed by atoms with Gasteiger partial charge in [0.05, 0.1) is 12.7 Å². The van der Waals surface area contributed by atoms with Crippen molar-refractivity contribution in [2.75, 3.05) is 7.11 Å². The molecule has 0 atom stereocenters. The number of methoxy groups -OCH3 is 1. The van der Waals surface area contributed by atoms with E-state index in [1.807, 2.05) is 0 Å². The number of rotatable bonds is 1. The van der Waals surface area contributed by atoms with Crippen LogP contribution in [0.15, 0.2) is 36.4 Å². The zero-order chi connectivity index (χ0) is 11.8. The van der Waals surface area contributed by atoms with Gasteiger partial charge in [0.2, 0.25) is 0 Å². The van der Waals surface area contributed by atoms with Gasteiger partial charge in [-0.25, -0.2) is 0 Å². The summed E-state index contributed by atoms with van der Waals surface area (Å²) < 4.78 is 42.5. The van der Waals surface area contributed by atoms with Crippen molar-refractivity contribution in [3.63, 3.8) is 0 Å². The number of hydrogen-bond donors (Lipinski definition) is 0. The quantitative estimate of drug-likeness (QED) is 0.717. The van der Waals surface area contributed by atoms with Crippen LogP contribution in [0.1, 0.15) is 5.56 Å². The first-order chi connectivity index (χ1) is 7.52. The molecule has 0 aliphatic rings. The Bertz CT molecular complexity index is 517. The second kappa shape index (κ2) is 3.70. The lowest BCUT2D eigenvalue weighted by Gasteiger charge is -2.09. The van der Waals surface area contributed by atoms with Gasteiger partial charge < -0.3 is 4.74 Å². The Morgan fingerprint density at radius 1 is 1.06 bits per heavy atom. The monoisotopic (exact) mass is 226 g/mol. The number of hydrogen-bond acceptors (Lipinski definition) is 1. The van der Waals surface area contributed by atoms with Crippen LogP contribution in [0.25, 0.3) is 10.8 Å². The molecule has 2 aromatic rings. The molecule has 0 unspecified atom stereocenters. The van der Waals surface area contributed by atoms with Crippen molar-refractivity contribution in [1.82, 2.24) is 0 Å². The van der Waals surface area contributed by atoms with Crippen LogP contribution in [-0.4, -0.2) is 7.11 Å². The lowest BCUT2D eigenvalue weighted by molar-refractivity contribution is -0.137. The number of ether oxygens (including phenoxy) is 1. The zero-order valence-electron chi connectivity index (χ0n) is 8.51. The Balaban J connectivity index is 2.64. The van der Waals surface area contributed by atoms with Crippen LogP contribution < -0.4 is 4.74 Å². The van der Waals surface area contributed by atoms with Crippen molar-refractivity contribution >= 4 is 10.8 Å². The third-order valence-electron chi connectivity index (χ3n) is 2.39. The van der Waals surface area contributed by atoms with E-state index in [2.05, 4.69) is 0 Å². The predicted octanol–water partition coefficient (Wildman–Crippen LogP) is 3.87. The minimum atomic E-state index is -4.31. The first-order valence-corrected chi connectivity index (χ1v) is 4.66. The summed E-state index contributed by atoms with van der Waals surface area (Å²) in [6.45, 7) is 0. The van der Waals surface area contributed by atoms with Crippen LogP contribution in [-0.2, 0) is 6.18 Å². The first kappa shape index (κ1) is 10.8. The van der Waals surface area contributed by atoms with E-state index in [4.69, 9.17) is 4.74 Å². The van der Waals surface area contributed by atoms with Crippen molar-refractivity contribution < 1.29 is 17.9 Å². The number of fused-ring (bicyclic) bond motifs is 1. The van der Waals surface area contributed by atoms with Crippen LogP contribution in [0.4, 0.5) is 13.2 Å². The lowest BCUT2D eigenvalue weighted by atomic mass is 10.1. The summed E-state index contributed by atoms with van der Waals surface area (Å²) in [5.41, 5.74) is -0.645. The van der Waals surface area contributed by atoms with Gasteiger partial charge in [-0.05, 0) is 23.6 Å². The van der Waals surface area contributed by atoms with Gasteiger partial charge in [-0.1, -0.05) is 18.2 Å². The van der Waals surface area contributed by atoms with E-state index in [0.717, 1.165) is 12.1 Å². The molecule has 0 N–H and O–H groups in total. The summed E-state index contributed by atoms with van der Waals surface area (Å²) in [6, 6.07) is 8.63. The molecule has 0 radical (unpaired) electrons. The number of halogens is 3. The largest absolute Gasteiger partial charge is 0.496 e. The lowest BCUT2D eigenvalue weighted by Crippen LogP contribution is -2.04. The highest BCUT2D eigenvalue weighted by molar-refractivity contribution is 5.88. The Morgan fingerprint density at radius 3 is 2.44 bits per heavy atom. The van der Waals surface area contributed by atoms with E-state index in [-0.39, 0.29) is 0 Å². The molecule has 0 heterocycles. The fraction of sp³-hybridized carbons (Fsp3) is 0.167. The summed E-state index contributed by atoms with van der Waals surface area (Å²) in [7, 11) is 1.49. The number of alkyl halides is 3. The third kappa shape index (κ3) is 1.83. The molecule has 2 rings (SSSR count). The number of benzene rings is 2. The van der Waals surface area contributed by atoms with Gasteiger partial charge in [0.1, 0.15) is 5.75 Å². The van der Waals surface area contributed by atoms with Gasteiger partial charge in [-0.3, -0.25) is 0 Å². The second-order valence-electron chi connectivity index (χ2n) is 3.39. The molecule has 4 heteroatoms. The molecule has 1 nitrogen and oxygen atoms in total. The van der Waals surface area contributed by atoms with Crippen molar-refractivity contribution in [3.05, 3.63) is 42.0 Å². The van der Waals surface area contributed by atoms with Gasteiger partial charge in [0.25, 0.3) is 0 Å². The highest BCUT2D eigenvalue weighted by atomic mass is 19.4. The Kier molecular flexibility index (Phi) is 2.50. The third-order valence-corrected chi connectivity index (χ3v) is 2.39. The molecule has 0 aliphatic carbocycles. The molecule has 0 amide bonds. The molecule has 2 aromatic carbocycles. The Morgan fingerprint density at radius 2 is 1.81 bits per heavy atom. The normalized spacial score (nSPS) is 11.8. The molecule has 84 valence electrons. The maximum atomic E-state index is 12.5. The van der Waals surface area contributed by atoms with Crippen molar-refractivity contribution in [3.8, 4) is 5.75 Å². The van der Waals surface area contributed by atoms with Crippen LogP contribution in [0.5, 0.6) is 5.75 Å². The van der Waals surface area contributed by atoms with E-state index in [9.17, 15) is 13.2 Å². The standard InChI is InChI=1S/C12H9F3O/c1-16-11-4-2-3-8-7-9(12(13,14)15)5-6-10(8)11/h2-7H,1H3. The van der Waals surface area contributed by atoms with Crippen LogP contribution in [0.3, 0.4) is 0 Å². The van der Waals surface area contributed by atoms with Gasteiger partial charge in [0.15, 0.2) is 0 Å². The van der Waals surface area contributed by atoms with Crippen molar-refractivity contribution in [2.45, 2.75) is 6.18 Å². The molecular formula is C12H9F3O. The second-order valence-corrected chi connectivity index (χ2v) is 3.39. The molecule has 0 saturated heterocycles. The van der Waals surface area contributed by atoms with E-state index < -0.39 is 11.7 Å². The van der Waals surface area contributed by atoms with E-state index >= 15 is 0 Å². The molecule has 0 aliphatic heterocycles. The highest BCUT2D eigenvalue weighted by Gasteiger charge is 2.30. The molecule has 16 heavy (non-hydrogen) atoms. The molecule has 0 saturated carbocycles. The summed E-state index contributed by atoms with van der Waals surface area (Å²) >= 11 is 0. The topological polar surface area (TPSA) is 9.23 Å². The maximum Gasteiger partial charge on any atom is 0.416 e. The highest BCUT2D eigenvalue weighted by Crippen LogP contribution is 2.33. The van der Waals surface area contributed by atoms with Crippen LogP contribution in [0.2, 0.25) is 0 Å². The molecule has 0 aromatic heterocycles. The smallest absolute Gasteiger partial charge is 0.416 e. The fourth-order valence-corrected chi connectivity index (χ4v) is 1.61. The molecule has 0 spiro atoms. The van der Waals surface area contributed by atoms with Gasteiger partial charge in [-0.2, -0.15) is 13.2 Å². The summed E-state index contributed by atoms with van der Waals surface area (Å²) in [4.78, 5) is 0. The van der Waals surface area contributed by atoms with Gasteiger partial charge >= 0.3 is 6.18 Å². The predicted molar refractivity (Wildman–Crippen MR) is 55.5 cm³/mol. The van der Waals surface area contributed by atoms with E-state index in [0.29, 0.717) is 16.5 Å². The Hall–Kier alpha value is -1.71. The van der Waals surface area contributed by atoms with Crippen LogP contribution >= 0.6 is 0 Å². The maximum absolute atomic E-state index is 12.5. The molecule has 0 fully saturated rings. The summed E-state index contributed by atoms with van der Waals surface area (Å²) in [5, 5.41) is 1.20. The SMILES string of the molecule is COc1cccc2cc(C(F)(F)F)ccc12. The molecule has 0 bridgehead atoms. The van der Waals surface area contributed by atoms with E-state index in [1.54, 1.807) is 18.2 Å². The zero-order valence-corrected chi connectivity index (χ0v) is 8.51. The van der Waals surface area contributed by atoms with Crippen molar-refractivity contribution in [1.29, 1.82) is 0 Å². The molecular weight excluding hydrogens is 217 g/mol. The van der Waals surface area contributed by atoms with Gasteiger partial charge in [0, 0.05) is 5.39 Å². The minimum Gasteiger partial charge on any atom is -0.496 e. The van der Waals surface area contributed by atoms with E-state index in [1.165, 1.54) is 13.2 Å². The first-order valence-electron chi connectivity index (χ1n) is 4.66. The van der Waals surface area contributed by atoms with Crippen LogP contribution in [0, 0.1) is 0 Å². The van der Waals surface area contributed by atoms with Crippen molar-refractivity contribution in [2.24, 2.45) is 0 Å². The minimum absolute atomic E-state index is 0.522. The fourth-order valence-electron chi connectivity index (χ4n) is 1.61. The Labute approximate surface area is 90.5 Å². The summed E-state index contributed by atoms with van der Waals surface area (Å²) in [6.07, 6.45) is -4.31. The average molecular weight is 226 g/mol. The summed E-state index contributed by atoms with van der Waals surface area (Å²) in [5.74, 6) is 0.575. The average Bonchev–Trinajstić information content (AvgIpc) is 2.26. The van der Waals surface area contributed by atoms with Gasteiger partial charge in [-0.15, -0.1) is 0 Å².